The third-order valence-corrected chi connectivity index (χ3v) is 0.907. The predicted octanol–water partition coefficient (Wildman–Crippen LogP) is -5.12. The van der Waals surface area contributed by atoms with Gasteiger partial charge < -0.3 is 10.8 Å². The van der Waals surface area contributed by atoms with E-state index >= 15 is 0 Å². The Kier molecular flexibility index (Phi) is 16.2. The Balaban J connectivity index is -0.000000180. The summed E-state index contributed by atoms with van der Waals surface area (Å²) in [7, 11) is 0. The molecule has 0 rings (SSSR count). The van der Waals surface area contributed by atoms with Crippen LogP contribution in [0.3, 0.4) is 0 Å². The van der Waals surface area contributed by atoms with E-state index in [0.717, 1.165) is 0 Å². The summed E-state index contributed by atoms with van der Waals surface area (Å²) in [5.74, 6) is -0.815. The number of thiol groups is 1. The van der Waals surface area contributed by atoms with Gasteiger partial charge in [-0.2, -0.15) is 12.6 Å². The van der Waals surface area contributed by atoms with Crippen molar-refractivity contribution in [2.45, 2.75) is 6.04 Å². The van der Waals surface area contributed by atoms with E-state index in [-0.39, 0.29) is 43.7 Å². The number of rotatable bonds is 2. The first-order valence-electron chi connectivity index (χ1n) is 1.77. The first-order chi connectivity index (χ1) is 3.18. The molecule has 0 radical (unpaired) electrons. The van der Waals surface area contributed by atoms with Gasteiger partial charge in [-0.05, 0) is 0 Å². The topological polar surface area (TPSA) is 63.3 Å². The van der Waals surface area contributed by atoms with Crippen molar-refractivity contribution in [1.29, 1.82) is 0 Å². The van der Waals surface area contributed by atoms with Crippen molar-refractivity contribution < 1.29 is 39.5 Å². The number of aliphatic carboxylic acids is 1. The van der Waals surface area contributed by atoms with Crippen LogP contribution in [0, 0.1) is 0 Å². The van der Waals surface area contributed by atoms with E-state index in [0.29, 0.717) is 0 Å². The molecule has 1 atom stereocenters. The quantitative estimate of drug-likeness (QED) is 0.279. The number of carbonyl (C=O) groups is 1. The molecule has 6 heteroatoms. The van der Waals surface area contributed by atoms with Crippen LogP contribution in [0.25, 0.3) is 0 Å². The largest absolute Gasteiger partial charge is 1.00 e. The predicted molar refractivity (Wildman–Crippen MR) is 40.8 cm³/mol. The molecular weight excluding hydrogens is 148 g/mol. The van der Waals surface area contributed by atoms with Crippen LogP contribution in [0.15, 0.2) is 0 Å². The normalized spacial score (nSPS) is 10.4. The van der Waals surface area contributed by atoms with E-state index < -0.39 is 12.0 Å². The summed E-state index contributed by atoms with van der Waals surface area (Å²) in [5, 5.41) is 8.01. The Hall–Kier alpha value is 0.845. The summed E-state index contributed by atoms with van der Waals surface area (Å²) in [4.78, 5) is 9.76. The van der Waals surface area contributed by atoms with Crippen LogP contribution in [0.5, 0.6) is 0 Å². The SMILES string of the molecule is N[C@@H](CS)C(=O)O.[BH4-].[Na+]. The maximum atomic E-state index is 9.76. The summed E-state index contributed by atoms with van der Waals surface area (Å²) < 4.78 is 0. The van der Waals surface area contributed by atoms with Crippen molar-refractivity contribution in [2.75, 3.05) is 5.75 Å². The van der Waals surface area contributed by atoms with E-state index in [1.54, 1.807) is 0 Å². The molecule has 0 aromatic carbocycles. The van der Waals surface area contributed by atoms with Crippen molar-refractivity contribution in [2.24, 2.45) is 5.73 Å². The molecule has 0 aliphatic rings. The molecule has 0 amide bonds. The molecule has 9 heavy (non-hydrogen) atoms. The maximum Gasteiger partial charge on any atom is 1.00 e. The molecule has 0 aliphatic heterocycles. The maximum absolute atomic E-state index is 9.76. The van der Waals surface area contributed by atoms with E-state index in [4.69, 9.17) is 10.8 Å². The van der Waals surface area contributed by atoms with Crippen LogP contribution in [-0.2, 0) is 4.79 Å². The van der Waals surface area contributed by atoms with E-state index in [1.165, 1.54) is 0 Å². The third-order valence-electron chi connectivity index (χ3n) is 0.514. The Morgan fingerprint density at radius 3 is 2.11 bits per heavy atom. The van der Waals surface area contributed by atoms with Gasteiger partial charge in [-0.25, -0.2) is 0 Å². The number of hydrogen-bond acceptors (Lipinski definition) is 3. The second kappa shape index (κ2) is 8.84. The van der Waals surface area contributed by atoms with Crippen LogP contribution >= 0.6 is 12.6 Å². The standard InChI is InChI=1S/C3H7NO2S.BH4.Na/c4-2(1-7)3(5)6;;/h2,7H,1,4H2,(H,5,6);1H4;/q;-1;+1/t2-;;/m0../s1. The van der Waals surface area contributed by atoms with E-state index in [9.17, 15) is 4.79 Å². The summed E-state index contributed by atoms with van der Waals surface area (Å²) in [5.41, 5.74) is 4.94. The molecule has 0 aromatic heterocycles. The van der Waals surface area contributed by atoms with Crippen LogP contribution in [-0.4, -0.2) is 31.3 Å². The molecule has 0 bridgehead atoms. The number of carboxylic acids is 1. The fraction of sp³-hybridized carbons (Fsp3) is 0.667. The third kappa shape index (κ3) is 8.84. The summed E-state index contributed by atoms with van der Waals surface area (Å²) in [6, 6.07) is -0.816. The van der Waals surface area contributed by atoms with Crippen LogP contribution < -0.4 is 35.3 Å². The number of nitrogens with two attached hydrogens (primary N) is 1. The van der Waals surface area contributed by atoms with E-state index in [2.05, 4.69) is 12.6 Å². The zero-order chi connectivity index (χ0) is 5.86. The van der Waals surface area contributed by atoms with Crippen LogP contribution in [0.4, 0.5) is 0 Å². The molecule has 0 fully saturated rings. The fourth-order valence-corrected chi connectivity index (χ4v) is 0.234. The van der Waals surface area contributed by atoms with Gasteiger partial charge in [-0.15, -0.1) is 0 Å². The fourth-order valence-electron chi connectivity index (χ4n) is 0.0781. The van der Waals surface area contributed by atoms with Gasteiger partial charge in [0.2, 0.25) is 0 Å². The number of hydrogen-bond donors (Lipinski definition) is 3. The minimum absolute atomic E-state index is 0. The molecule has 0 unspecified atom stereocenters. The van der Waals surface area contributed by atoms with Crippen molar-refractivity contribution >= 4 is 27.0 Å². The smallest absolute Gasteiger partial charge is 0.480 e. The zero-order valence-electron chi connectivity index (χ0n) is 4.66. The van der Waals surface area contributed by atoms with Crippen LogP contribution in [0.1, 0.15) is 0 Å². The Morgan fingerprint density at radius 1 is 1.78 bits per heavy atom. The first-order valence-corrected chi connectivity index (χ1v) is 2.41. The molecule has 0 aliphatic carbocycles. The molecule has 50 valence electrons. The van der Waals surface area contributed by atoms with Crippen molar-refractivity contribution in [3.05, 3.63) is 0 Å². The minimum atomic E-state index is -1.00. The van der Waals surface area contributed by atoms with Gasteiger partial charge in [-0.3, -0.25) is 4.79 Å². The molecule has 0 saturated carbocycles. The summed E-state index contributed by atoms with van der Waals surface area (Å²) in [6.45, 7) is 0. The van der Waals surface area contributed by atoms with Crippen molar-refractivity contribution in [3.63, 3.8) is 0 Å². The summed E-state index contributed by atoms with van der Waals surface area (Å²) >= 11 is 3.65. The van der Waals surface area contributed by atoms with Gasteiger partial charge in [-0.1, -0.05) is 8.41 Å². The zero-order valence-corrected chi connectivity index (χ0v) is 7.56. The molecule has 0 saturated heterocycles. The molecule has 3 N–H and O–H groups in total. The van der Waals surface area contributed by atoms with Crippen molar-refractivity contribution in [1.82, 2.24) is 0 Å². The second-order valence-electron chi connectivity index (χ2n) is 1.13. The molecule has 0 aromatic rings. The molecule has 0 spiro atoms. The molecule has 3 nitrogen and oxygen atoms in total. The van der Waals surface area contributed by atoms with Gasteiger partial charge in [0, 0.05) is 5.75 Å². The Labute approximate surface area is 83.7 Å². The molecule has 0 heterocycles. The Morgan fingerprint density at radius 2 is 2.11 bits per heavy atom. The van der Waals surface area contributed by atoms with Gasteiger partial charge in [0.15, 0.2) is 0 Å². The van der Waals surface area contributed by atoms with Gasteiger partial charge >= 0.3 is 35.5 Å². The van der Waals surface area contributed by atoms with Gasteiger partial charge in [0.05, 0.1) is 0 Å². The van der Waals surface area contributed by atoms with Crippen LogP contribution in [0.2, 0.25) is 0 Å². The summed E-state index contributed by atoms with van der Waals surface area (Å²) in [6.07, 6.45) is 0. The Bertz CT molecular complexity index is 84.2. The van der Waals surface area contributed by atoms with E-state index in [1.807, 2.05) is 0 Å². The minimum Gasteiger partial charge on any atom is -0.480 e. The van der Waals surface area contributed by atoms with Gasteiger partial charge in [0.25, 0.3) is 0 Å². The first kappa shape index (κ1) is 16.4. The van der Waals surface area contributed by atoms with Crippen molar-refractivity contribution in [3.8, 4) is 0 Å². The second-order valence-corrected chi connectivity index (χ2v) is 1.49. The monoisotopic (exact) mass is 159 g/mol. The molecular formula is C3H11BNNaO2S. The number of carboxylic acid groups (broad SMARTS) is 1. The van der Waals surface area contributed by atoms with Gasteiger partial charge in [0.1, 0.15) is 6.04 Å². The average molecular weight is 159 g/mol. The average Bonchev–Trinajstić information content (AvgIpc) is 1.65.